The van der Waals surface area contributed by atoms with Crippen LogP contribution in [0.3, 0.4) is 0 Å². The molecular weight excluding hydrogens is 381 g/mol. The number of aryl methyl sites for hydroxylation is 1. The second-order valence-electron chi connectivity index (χ2n) is 7.14. The lowest BCUT2D eigenvalue weighted by atomic mass is 10.0. The molecule has 3 rings (SSSR count). The maximum atomic E-state index is 13.2. The van der Waals surface area contributed by atoms with Gasteiger partial charge < -0.3 is 10.6 Å². The van der Waals surface area contributed by atoms with Gasteiger partial charge in [-0.3, -0.25) is 14.5 Å². The minimum atomic E-state index is -0.694. The predicted octanol–water partition coefficient (Wildman–Crippen LogP) is 4.38. The Morgan fingerprint density at radius 1 is 0.867 bits per heavy atom. The maximum Gasteiger partial charge on any atom is 0.246 e. The third-order valence-corrected chi connectivity index (χ3v) is 4.64. The molecule has 6 heteroatoms. The summed E-state index contributed by atoms with van der Waals surface area (Å²) >= 11 is 0. The van der Waals surface area contributed by atoms with E-state index in [1.54, 1.807) is 11.9 Å². The average molecular weight is 405 g/mol. The summed E-state index contributed by atoms with van der Waals surface area (Å²) in [7, 11) is 1.72. The summed E-state index contributed by atoms with van der Waals surface area (Å²) in [6.07, 6.45) is 0. The molecule has 5 nitrogen and oxygen atoms in total. The number of carbonyl (C=O) groups is 2. The summed E-state index contributed by atoms with van der Waals surface area (Å²) in [6, 6.07) is 21.6. The fourth-order valence-corrected chi connectivity index (χ4v) is 3.14. The SMILES string of the molecule is Cc1ccc(NC(=O)CN(C)C(C(=O)Nc2ccc(F)cc2)c2ccccc2)cc1. The maximum absolute atomic E-state index is 13.2. The van der Waals surface area contributed by atoms with Gasteiger partial charge in [-0.2, -0.15) is 0 Å². The van der Waals surface area contributed by atoms with E-state index >= 15 is 0 Å². The molecule has 0 aromatic heterocycles. The molecule has 0 heterocycles. The highest BCUT2D eigenvalue weighted by Gasteiger charge is 2.26. The first-order valence-electron chi connectivity index (χ1n) is 9.60. The van der Waals surface area contributed by atoms with E-state index in [4.69, 9.17) is 0 Å². The molecule has 1 atom stereocenters. The first kappa shape index (κ1) is 21.2. The minimum Gasteiger partial charge on any atom is -0.325 e. The molecule has 0 spiro atoms. The molecule has 30 heavy (non-hydrogen) atoms. The number of nitrogens with one attached hydrogen (secondary N) is 2. The topological polar surface area (TPSA) is 61.4 Å². The van der Waals surface area contributed by atoms with Gasteiger partial charge in [0.05, 0.1) is 6.54 Å². The summed E-state index contributed by atoms with van der Waals surface area (Å²) in [5.74, 6) is -0.909. The lowest BCUT2D eigenvalue weighted by Gasteiger charge is -2.27. The molecule has 0 saturated carbocycles. The molecule has 0 bridgehead atoms. The first-order valence-corrected chi connectivity index (χ1v) is 9.60. The summed E-state index contributed by atoms with van der Waals surface area (Å²) in [4.78, 5) is 27.3. The number of amides is 2. The molecule has 2 N–H and O–H groups in total. The van der Waals surface area contributed by atoms with Gasteiger partial charge in [0.25, 0.3) is 0 Å². The lowest BCUT2D eigenvalue weighted by Crippen LogP contribution is -2.39. The van der Waals surface area contributed by atoms with E-state index in [-0.39, 0.29) is 24.2 Å². The van der Waals surface area contributed by atoms with Crippen molar-refractivity contribution in [2.24, 2.45) is 0 Å². The Bertz CT molecular complexity index is 989. The van der Waals surface area contributed by atoms with Gasteiger partial charge in [0, 0.05) is 11.4 Å². The number of hydrogen-bond acceptors (Lipinski definition) is 3. The van der Waals surface area contributed by atoms with Crippen molar-refractivity contribution in [3.63, 3.8) is 0 Å². The van der Waals surface area contributed by atoms with Crippen LogP contribution in [0.25, 0.3) is 0 Å². The molecule has 0 saturated heterocycles. The summed E-state index contributed by atoms with van der Waals surface area (Å²) in [5.41, 5.74) is 3.04. The Kier molecular flexibility index (Phi) is 6.93. The van der Waals surface area contributed by atoms with Crippen LogP contribution in [0.1, 0.15) is 17.2 Å². The van der Waals surface area contributed by atoms with Crippen LogP contribution in [0.15, 0.2) is 78.9 Å². The number of benzene rings is 3. The van der Waals surface area contributed by atoms with Crippen molar-refractivity contribution in [3.05, 3.63) is 95.8 Å². The summed E-state index contributed by atoms with van der Waals surface area (Å²) in [5, 5.41) is 5.65. The van der Waals surface area contributed by atoms with Crippen LogP contribution in [0.4, 0.5) is 15.8 Å². The van der Waals surface area contributed by atoms with E-state index in [1.807, 2.05) is 61.5 Å². The minimum absolute atomic E-state index is 0.0181. The molecule has 0 fully saturated rings. The largest absolute Gasteiger partial charge is 0.325 e. The van der Waals surface area contributed by atoms with Gasteiger partial charge in [-0.05, 0) is 55.9 Å². The normalized spacial score (nSPS) is 11.7. The fourth-order valence-electron chi connectivity index (χ4n) is 3.14. The van der Waals surface area contributed by atoms with Crippen LogP contribution in [-0.4, -0.2) is 30.3 Å². The quantitative estimate of drug-likeness (QED) is 0.613. The van der Waals surface area contributed by atoms with Crippen molar-refractivity contribution in [1.29, 1.82) is 0 Å². The Labute approximate surface area is 175 Å². The summed E-state index contributed by atoms with van der Waals surface area (Å²) < 4.78 is 13.2. The molecule has 2 amide bonds. The number of hydrogen-bond donors (Lipinski definition) is 2. The van der Waals surface area contributed by atoms with Crippen molar-refractivity contribution >= 4 is 23.2 Å². The van der Waals surface area contributed by atoms with Crippen molar-refractivity contribution in [2.45, 2.75) is 13.0 Å². The molecule has 0 aliphatic heterocycles. The van der Waals surface area contributed by atoms with Crippen LogP contribution >= 0.6 is 0 Å². The second-order valence-corrected chi connectivity index (χ2v) is 7.14. The molecule has 0 radical (unpaired) electrons. The average Bonchev–Trinajstić information content (AvgIpc) is 2.72. The zero-order valence-corrected chi connectivity index (χ0v) is 16.9. The monoisotopic (exact) mass is 405 g/mol. The van der Waals surface area contributed by atoms with Gasteiger partial charge in [-0.1, -0.05) is 48.0 Å². The third-order valence-electron chi connectivity index (χ3n) is 4.64. The van der Waals surface area contributed by atoms with Crippen LogP contribution in [0, 0.1) is 12.7 Å². The highest BCUT2D eigenvalue weighted by atomic mass is 19.1. The highest BCUT2D eigenvalue weighted by molar-refractivity contribution is 5.97. The highest BCUT2D eigenvalue weighted by Crippen LogP contribution is 2.22. The Balaban J connectivity index is 1.74. The molecule has 154 valence electrons. The van der Waals surface area contributed by atoms with Gasteiger partial charge >= 0.3 is 0 Å². The van der Waals surface area contributed by atoms with Crippen LogP contribution in [-0.2, 0) is 9.59 Å². The zero-order valence-electron chi connectivity index (χ0n) is 16.9. The first-order chi connectivity index (χ1) is 14.4. The number of anilines is 2. The molecule has 0 aliphatic carbocycles. The Morgan fingerprint density at radius 2 is 1.43 bits per heavy atom. The molecule has 0 aliphatic rings. The van der Waals surface area contributed by atoms with E-state index < -0.39 is 6.04 Å². The zero-order chi connectivity index (χ0) is 21.5. The molecule has 3 aromatic rings. The van der Waals surface area contributed by atoms with E-state index in [2.05, 4.69) is 10.6 Å². The van der Waals surface area contributed by atoms with Gasteiger partial charge in [-0.25, -0.2) is 4.39 Å². The van der Waals surface area contributed by atoms with E-state index in [0.29, 0.717) is 11.4 Å². The Morgan fingerprint density at radius 3 is 2.07 bits per heavy atom. The molecular formula is C24H24FN3O2. The molecule has 1 unspecified atom stereocenters. The number of carbonyl (C=O) groups excluding carboxylic acids is 2. The Hall–Kier alpha value is -3.51. The van der Waals surface area contributed by atoms with Crippen LogP contribution in [0.5, 0.6) is 0 Å². The smallest absolute Gasteiger partial charge is 0.246 e. The van der Waals surface area contributed by atoms with Gasteiger partial charge in [0.15, 0.2) is 0 Å². The number of likely N-dealkylation sites (N-methyl/N-ethyl adjacent to an activating group) is 1. The second kappa shape index (κ2) is 9.80. The van der Waals surface area contributed by atoms with E-state index in [0.717, 1.165) is 11.1 Å². The van der Waals surface area contributed by atoms with Gasteiger partial charge in [0.1, 0.15) is 11.9 Å². The predicted molar refractivity (Wildman–Crippen MR) is 117 cm³/mol. The number of halogens is 1. The van der Waals surface area contributed by atoms with Crippen molar-refractivity contribution < 1.29 is 14.0 Å². The number of rotatable bonds is 7. The van der Waals surface area contributed by atoms with E-state index in [1.165, 1.54) is 24.3 Å². The van der Waals surface area contributed by atoms with Crippen LogP contribution < -0.4 is 10.6 Å². The number of nitrogens with zero attached hydrogens (tertiary/aromatic N) is 1. The van der Waals surface area contributed by atoms with Crippen molar-refractivity contribution in [2.75, 3.05) is 24.2 Å². The molecule has 3 aromatic carbocycles. The van der Waals surface area contributed by atoms with E-state index in [9.17, 15) is 14.0 Å². The lowest BCUT2D eigenvalue weighted by molar-refractivity contribution is -0.123. The van der Waals surface area contributed by atoms with Crippen LogP contribution in [0.2, 0.25) is 0 Å². The van der Waals surface area contributed by atoms with Crippen molar-refractivity contribution in [1.82, 2.24) is 4.90 Å². The van der Waals surface area contributed by atoms with Gasteiger partial charge in [0.2, 0.25) is 11.8 Å². The third kappa shape index (κ3) is 5.75. The summed E-state index contributed by atoms with van der Waals surface area (Å²) in [6.45, 7) is 1.99. The fraction of sp³-hybridized carbons (Fsp3) is 0.167. The standard InChI is InChI=1S/C24H24FN3O2/c1-17-8-12-20(13-9-17)26-22(29)16-28(2)23(18-6-4-3-5-7-18)24(30)27-21-14-10-19(25)11-15-21/h3-15,23H,16H2,1-2H3,(H,26,29)(H,27,30). The van der Waals surface area contributed by atoms with Crippen molar-refractivity contribution in [3.8, 4) is 0 Å². The van der Waals surface area contributed by atoms with Gasteiger partial charge in [-0.15, -0.1) is 0 Å².